The van der Waals surface area contributed by atoms with E-state index in [2.05, 4.69) is 23.8 Å². The first-order valence-electron chi connectivity index (χ1n) is 6.16. The topological polar surface area (TPSA) is 23.6 Å². The number of likely N-dealkylation sites (N-methyl/N-ethyl adjacent to an activating group) is 1. The highest BCUT2D eigenvalue weighted by molar-refractivity contribution is 5.85. The largest absolute Gasteiger partial charge is 0.340 e. The number of hydrogen-bond acceptors (Lipinski definition) is 2. The fraction of sp³-hybridized carbons (Fsp3) is 0.917. The molecule has 1 saturated carbocycles. The molecule has 3 heteroatoms. The predicted molar refractivity (Wildman–Crippen MR) is 60.7 cm³/mol. The van der Waals surface area contributed by atoms with Crippen LogP contribution in [0.2, 0.25) is 0 Å². The molecule has 1 amide bonds. The molecule has 0 spiro atoms. The Morgan fingerprint density at radius 3 is 2.27 bits per heavy atom. The summed E-state index contributed by atoms with van der Waals surface area (Å²) >= 11 is 0. The molecule has 1 saturated heterocycles. The Morgan fingerprint density at radius 1 is 1.20 bits per heavy atom. The maximum atomic E-state index is 12.3. The third-order valence-corrected chi connectivity index (χ3v) is 3.83. The third-order valence-electron chi connectivity index (χ3n) is 3.83. The summed E-state index contributed by atoms with van der Waals surface area (Å²) in [6, 6.07) is 0. The van der Waals surface area contributed by atoms with Gasteiger partial charge in [-0.25, -0.2) is 0 Å². The molecule has 0 N–H and O–H groups in total. The van der Waals surface area contributed by atoms with Gasteiger partial charge < -0.3 is 9.80 Å². The Kier molecular flexibility index (Phi) is 3.01. The molecule has 1 aliphatic carbocycles. The molecule has 0 radical (unpaired) electrons. The highest BCUT2D eigenvalue weighted by atomic mass is 16.2. The zero-order valence-corrected chi connectivity index (χ0v) is 9.96. The predicted octanol–water partition coefficient (Wildman–Crippen LogP) is 1.34. The number of amides is 1. The maximum Gasteiger partial charge on any atom is 0.228 e. The monoisotopic (exact) mass is 210 g/mol. The minimum atomic E-state index is 0.0741. The van der Waals surface area contributed by atoms with E-state index < -0.39 is 0 Å². The fourth-order valence-corrected chi connectivity index (χ4v) is 2.55. The molecular weight excluding hydrogens is 188 g/mol. The standard InChI is InChI=1S/C12H22N2O/c1-3-4-12(5-6-12)11(15)14-9-7-13(2)8-10-14/h3-10H2,1-2H3. The van der Waals surface area contributed by atoms with Gasteiger partial charge in [0, 0.05) is 31.6 Å². The summed E-state index contributed by atoms with van der Waals surface area (Å²) < 4.78 is 0. The van der Waals surface area contributed by atoms with Crippen LogP contribution in [0.3, 0.4) is 0 Å². The number of carbonyl (C=O) groups is 1. The van der Waals surface area contributed by atoms with E-state index in [4.69, 9.17) is 0 Å². The van der Waals surface area contributed by atoms with Gasteiger partial charge in [0.15, 0.2) is 0 Å². The number of carbonyl (C=O) groups excluding carboxylic acids is 1. The van der Waals surface area contributed by atoms with E-state index in [1.165, 1.54) is 0 Å². The van der Waals surface area contributed by atoms with Gasteiger partial charge in [-0.05, 0) is 26.3 Å². The van der Waals surface area contributed by atoms with Gasteiger partial charge in [0.25, 0.3) is 0 Å². The van der Waals surface area contributed by atoms with Crippen LogP contribution in [0.25, 0.3) is 0 Å². The second-order valence-corrected chi connectivity index (χ2v) is 5.13. The molecule has 0 aromatic heterocycles. The Bertz CT molecular complexity index is 240. The average molecular weight is 210 g/mol. The van der Waals surface area contributed by atoms with Crippen molar-refractivity contribution in [2.24, 2.45) is 5.41 Å². The lowest BCUT2D eigenvalue weighted by molar-refractivity contribution is -0.138. The summed E-state index contributed by atoms with van der Waals surface area (Å²) in [5.74, 6) is 0.442. The van der Waals surface area contributed by atoms with E-state index in [-0.39, 0.29) is 5.41 Å². The second-order valence-electron chi connectivity index (χ2n) is 5.13. The molecule has 0 aromatic rings. The van der Waals surface area contributed by atoms with Crippen molar-refractivity contribution in [1.29, 1.82) is 0 Å². The Hall–Kier alpha value is -0.570. The van der Waals surface area contributed by atoms with Crippen molar-refractivity contribution in [3.63, 3.8) is 0 Å². The molecule has 2 aliphatic rings. The van der Waals surface area contributed by atoms with Crippen LogP contribution >= 0.6 is 0 Å². The van der Waals surface area contributed by atoms with E-state index in [0.29, 0.717) is 5.91 Å². The highest BCUT2D eigenvalue weighted by Gasteiger charge is 2.50. The van der Waals surface area contributed by atoms with Crippen LogP contribution in [-0.4, -0.2) is 48.9 Å². The van der Waals surface area contributed by atoms with Gasteiger partial charge in [0.1, 0.15) is 0 Å². The van der Waals surface area contributed by atoms with Crippen molar-refractivity contribution in [2.75, 3.05) is 33.2 Å². The normalized spacial score (nSPS) is 25.3. The van der Waals surface area contributed by atoms with Crippen molar-refractivity contribution in [1.82, 2.24) is 9.80 Å². The lowest BCUT2D eigenvalue weighted by Gasteiger charge is -2.34. The van der Waals surface area contributed by atoms with Crippen molar-refractivity contribution in [2.45, 2.75) is 32.6 Å². The summed E-state index contributed by atoms with van der Waals surface area (Å²) in [6.07, 6.45) is 4.50. The van der Waals surface area contributed by atoms with Gasteiger partial charge in [0.2, 0.25) is 5.91 Å². The summed E-state index contributed by atoms with van der Waals surface area (Å²) in [7, 11) is 2.13. The number of piperazine rings is 1. The first-order valence-corrected chi connectivity index (χ1v) is 6.16. The van der Waals surface area contributed by atoms with Gasteiger partial charge in [-0.2, -0.15) is 0 Å². The average Bonchev–Trinajstić information content (AvgIpc) is 3.00. The van der Waals surface area contributed by atoms with Gasteiger partial charge in [0.05, 0.1) is 0 Å². The lowest BCUT2D eigenvalue weighted by Crippen LogP contribution is -2.49. The molecule has 0 bridgehead atoms. The Labute approximate surface area is 92.4 Å². The highest BCUT2D eigenvalue weighted by Crippen LogP contribution is 2.51. The van der Waals surface area contributed by atoms with Gasteiger partial charge in [-0.1, -0.05) is 13.3 Å². The first kappa shape index (κ1) is 10.9. The second kappa shape index (κ2) is 4.12. The van der Waals surface area contributed by atoms with Crippen molar-refractivity contribution < 1.29 is 4.79 Å². The zero-order chi connectivity index (χ0) is 10.9. The quantitative estimate of drug-likeness (QED) is 0.702. The molecule has 15 heavy (non-hydrogen) atoms. The molecule has 3 nitrogen and oxygen atoms in total. The molecular formula is C12H22N2O. The minimum Gasteiger partial charge on any atom is -0.340 e. The van der Waals surface area contributed by atoms with Gasteiger partial charge >= 0.3 is 0 Å². The Morgan fingerprint density at radius 2 is 1.80 bits per heavy atom. The lowest BCUT2D eigenvalue weighted by atomic mass is 9.98. The fourth-order valence-electron chi connectivity index (χ4n) is 2.55. The number of nitrogens with zero attached hydrogens (tertiary/aromatic N) is 2. The molecule has 0 aromatic carbocycles. The van der Waals surface area contributed by atoms with E-state index in [1.54, 1.807) is 0 Å². The van der Waals surface area contributed by atoms with Crippen molar-refractivity contribution >= 4 is 5.91 Å². The molecule has 2 rings (SSSR count). The Balaban J connectivity index is 1.91. The van der Waals surface area contributed by atoms with E-state index in [0.717, 1.165) is 51.9 Å². The summed E-state index contributed by atoms with van der Waals surface area (Å²) in [6.45, 7) is 6.11. The van der Waals surface area contributed by atoms with E-state index in [1.807, 2.05) is 0 Å². The number of rotatable bonds is 3. The summed E-state index contributed by atoms with van der Waals surface area (Å²) in [5.41, 5.74) is 0.0741. The SMILES string of the molecule is CCCC1(C(=O)N2CCN(C)CC2)CC1. The summed E-state index contributed by atoms with van der Waals surface area (Å²) in [4.78, 5) is 16.7. The van der Waals surface area contributed by atoms with E-state index in [9.17, 15) is 4.79 Å². The zero-order valence-electron chi connectivity index (χ0n) is 9.96. The molecule has 86 valence electrons. The van der Waals surface area contributed by atoms with E-state index >= 15 is 0 Å². The maximum absolute atomic E-state index is 12.3. The van der Waals surface area contributed by atoms with Crippen LogP contribution in [0.4, 0.5) is 0 Å². The molecule has 0 atom stereocenters. The van der Waals surface area contributed by atoms with Crippen LogP contribution in [0.15, 0.2) is 0 Å². The first-order chi connectivity index (χ1) is 7.18. The van der Waals surface area contributed by atoms with Crippen LogP contribution in [0, 0.1) is 5.41 Å². The molecule has 0 unspecified atom stereocenters. The smallest absolute Gasteiger partial charge is 0.228 e. The van der Waals surface area contributed by atoms with Crippen LogP contribution in [0.1, 0.15) is 32.6 Å². The van der Waals surface area contributed by atoms with Gasteiger partial charge in [-0.15, -0.1) is 0 Å². The summed E-state index contributed by atoms with van der Waals surface area (Å²) in [5, 5.41) is 0. The van der Waals surface area contributed by atoms with Crippen molar-refractivity contribution in [3.05, 3.63) is 0 Å². The van der Waals surface area contributed by atoms with Crippen molar-refractivity contribution in [3.8, 4) is 0 Å². The van der Waals surface area contributed by atoms with Crippen LogP contribution in [0.5, 0.6) is 0 Å². The molecule has 2 fully saturated rings. The van der Waals surface area contributed by atoms with Gasteiger partial charge in [-0.3, -0.25) is 4.79 Å². The van der Waals surface area contributed by atoms with Crippen LogP contribution in [-0.2, 0) is 4.79 Å². The molecule has 1 aliphatic heterocycles. The minimum absolute atomic E-state index is 0.0741. The number of hydrogen-bond donors (Lipinski definition) is 0. The third kappa shape index (κ3) is 2.17. The van der Waals surface area contributed by atoms with Crippen LogP contribution < -0.4 is 0 Å². The molecule has 1 heterocycles.